The fraction of sp³-hybridized carbons (Fsp3) is 0.500. The number of nitrogens with zero attached hydrogens (tertiary/aromatic N) is 2. The molecule has 4 nitrogen and oxygen atoms in total. The molecule has 0 atom stereocenters. The van der Waals surface area contributed by atoms with Crippen LogP contribution in [0.15, 0.2) is 18.2 Å². The maximum atomic E-state index is 13.9. The van der Waals surface area contributed by atoms with Crippen LogP contribution in [0.1, 0.15) is 32.6 Å². The number of carbonyl (C=O) groups is 2. The summed E-state index contributed by atoms with van der Waals surface area (Å²) in [6.45, 7) is 2.11. The molecule has 0 aromatic heterocycles. The number of hydrogen-bond donors (Lipinski definition) is 0. The maximum absolute atomic E-state index is 13.9. The highest BCUT2D eigenvalue weighted by Gasteiger charge is 2.25. The van der Waals surface area contributed by atoms with Gasteiger partial charge in [-0.25, -0.2) is 8.78 Å². The molecule has 1 fully saturated rings. The minimum atomic E-state index is -0.848. The van der Waals surface area contributed by atoms with Crippen molar-refractivity contribution in [3.8, 4) is 0 Å². The molecule has 0 aliphatic carbocycles. The Morgan fingerprint density at radius 1 is 1.09 bits per heavy atom. The lowest BCUT2D eigenvalue weighted by Gasteiger charge is -2.26. The van der Waals surface area contributed by atoms with E-state index in [0.29, 0.717) is 13.1 Å². The van der Waals surface area contributed by atoms with Crippen molar-refractivity contribution >= 4 is 17.5 Å². The number of rotatable bonds is 3. The highest BCUT2D eigenvalue weighted by atomic mass is 19.1. The molecule has 0 saturated carbocycles. The molecule has 1 aromatic carbocycles. The van der Waals surface area contributed by atoms with Gasteiger partial charge in [0.05, 0.1) is 0 Å². The lowest BCUT2D eigenvalue weighted by molar-refractivity contribution is -0.131. The van der Waals surface area contributed by atoms with E-state index in [0.717, 1.165) is 42.7 Å². The maximum Gasteiger partial charge on any atom is 0.242 e. The Hall–Kier alpha value is -1.98. The van der Waals surface area contributed by atoms with Crippen molar-refractivity contribution in [3.05, 3.63) is 29.8 Å². The summed E-state index contributed by atoms with van der Waals surface area (Å²) >= 11 is 0. The molecule has 0 unspecified atom stereocenters. The zero-order chi connectivity index (χ0) is 16.1. The molecule has 1 heterocycles. The molecule has 0 radical (unpaired) electrons. The van der Waals surface area contributed by atoms with Gasteiger partial charge in [-0.3, -0.25) is 14.5 Å². The third-order valence-electron chi connectivity index (χ3n) is 3.84. The van der Waals surface area contributed by atoms with Crippen molar-refractivity contribution in [2.45, 2.75) is 32.6 Å². The number of amides is 2. The van der Waals surface area contributed by atoms with Gasteiger partial charge >= 0.3 is 0 Å². The monoisotopic (exact) mass is 310 g/mol. The summed E-state index contributed by atoms with van der Waals surface area (Å²) < 4.78 is 27.7. The van der Waals surface area contributed by atoms with E-state index in [1.165, 1.54) is 13.0 Å². The topological polar surface area (TPSA) is 40.6 Å². The van der Waals surface area contributed by atoms with Crippen LogP contribution in [0.25, 0.3) is 0 Å². The molecule has 0 bridgehead atoms. The summed E-state index contributed by atoms with van der Waals surface area (Å²) in [5, 5.41) is 0. The van der Waals surface area contributed by atoms with Gasteiger partial charge in [-0.1, -0.05) is 18.9 Å². The van der Waals surface area contributed by atoms with Crippen LogP contribution < -0.4 is 4.90 Å². The number of para-hydroxylation sites is 1. The molecule has 1 aliphatic rings. The lowest BCUT2D eigenvalue weighted by Crippen LogP contribution is -2.43. The van der Waals surface area contributed by atoms with Crippen LogP contribution in [0.5, 0.6) is 0 Å². The van der Waals surface area contributed by atoms with E-state index in [1.807, 2.05) is 0 Å². The third kappa shape index (κ3) is 3.81. The van der Waals surface area contributed by atoms with Crippen molar-refractivity contribution in [1.29, 1.82) is 0 Å². The summed E-state index contributed by atoms with van der Waals surface area (Å²) in [5.41, 5.74) is -0.460. The normalized spacial score (nSPS) is 15.3. The zero-order valence-electron chi connectivity index (χ0n) is 12.6. The molecular weight excluding hydrogens is 290 g/mol. The first-order chi connectivity index (χ1) is 10.5. The van der Waals surface area contributed by atoms with E-state index >= 15 is 0 Å². The number of halogens is 2. The highest BCUT2D eigenvalue weighted by molar-refractivity contribution is 5.97. The van der Waals surface area contributed by atoms with E-state index in [2.05, 4.69) is 0 Å². The van der Waals surface area contributed by atoms with E-state index in [4.69, 9.17) is 0 Å². The molecule has 2 amide bonds. The predicted octanol–water partition coefficient (Wildman–Crippen LogP) is 2.72. The van der Waals surface area contributed by atoms with Crippen LogP contribution in [0, 0.1) is 11.6 Å². The average molecular weight is 310 g/mol. The van der Waals surface area contributed by atoms with Crippen molar-refractivity contribution in [1.82, 2.24) is 4.90 Å². The van der Waals surface area contributed by atoms with E-state index in [-0.39, 0.29) is 12.5 Å². The van der Waals surface area contributed by atoms with Crippen LogP contribution in [0.2, 0.25) is 0 Å². The SMILES string of the molecule is CC(=O)N(CC(=O)N1CCCCCC1)c1c(F)cccc1F. The first kappa shape index (κ1) is 16.4. The molecule has 22 heavy (non-hydrogen) atoms. The summed E-state index contributed by atoms with van der Waals surface area (Å²) in [6, 6.07) is 3.37. The highest BCUT2D eigenvalue weighted by Crippen LogP contribution is 2.23. The van der Waals surface area contributed by atoms with Crippen LogP contribution in [0.4, 0.5) is 14.5 Å². The van der Waals surface area contributed by atoms with Gasteiger partial charge in [0, 0.05) is 20.0 Å². The molecule has 1 saturated heterocycles. The first-order valence-electron chi connectivity index (χ1n) is 7.50. The zero-order valence-corrected chi connectivity index (χ0v) is 12.6. The molecule has 6 heteroatoms. The van der Waals surface area contributed by atoms with Crippen molar-refractivity contribution in [3.63, 3.8) is 0 Å². The van der Waals surface area contributed by atoms with E-state index in [1.54, 1.807) is 4.90 Å². The minimum Gasteiger partial charge on any atom is -0.341 e. The number of carbonyl (C=O) groups excluding carboxylic acids is 2. The summed E-state index contributed by atoms with van der Waals surface area (Å²) in [5.74, 6) is -2.54. The number of benzene rings is 1. The Balaban J connectivity index is 2.18. The minimum absolute atomic E-state index is 0.278. The fourth-order valence-corrected chi connectivity index (χ4v) is 2.65. The van der Waals surface area contributed by atoms with Crippen LogP contribution in [-0.2, 0) is 9.59 Å². The van der Waals surface area contributed by atoms with Gasteiger partial charge in [-0.2, -0.15) is 0 Å². The third-order valence-corrected chi connectivity index (χ3v) is 3.84. The second-order valence-electron chi connectivity index (χ2n) is 5.47. The molecule has 2 rings (SSSR count). The molecule has 1 aliphatic heterocycles. The Bertz CT molecular complexity index is 535. The summed E-state index contributed by atoms with van der Waals surface area (Å²) in [7, 11) is 0. The molecule has 1 aromatic rings. The van der Waals surface area contributed by atoms with E-state index < -0.39 is 23.2 Å². The van der Waals surface area contributed by atoms with Gasteiger partial charge in [0.1, 0.15) is 23.9 Å². The second-order valence-corrected chi connectivity index (χ2v) is 5.47. The summed E-state index contributed by atoms with van der Waals surface area (Å²) in [6.07, 6.45) is 3.98. The lowest BCUT2D eigenvalue weighted by atomic mass is 10.2. The van der Waals surface area contributed by atoms with Crippen molar-refractivity contribution < 1.29 is 18.4 Å². The smallest absolute Gasteiger partial charge is 0.242 e. The molecule has 120 valence electrons. The Kier molecular flexibility index (Phi) is 5.46. The van der Waals surface area contributed by atoms with Crippen LogP contribution >= 0.6 is 0 Å². The summed E-state index contributed by atoms with van der Waals surface area (Å²) in [4.78, 5) is 26.6. The van der Waals surface area contributed by atoms with Crippen LogP contribution in [-0.4, -0.2) is 36.3 Å². The second kappa shape index (κ2) is 7.33. The quantitative estimate of drug-likeness (QED) is 0.861. The van der Waals surface area contributed by atoms with Gasteiger partial charge in [0.25, 0.3) is 0 Å². The predicted molar refractivity (Wildman–Crippen MR) is 79.4 cm³/mol. The number of likely N-dealkylation sites (tertiary alicyclic amines) is 1. The number of anilines is 1. The Labute approximate surface area is 128 Å². The largest absolute Gasteiger partial charge is 0.341 e. The van der Waals surface area contributed by atoms with Gasteiger partial charge in [0.2, 0.25) is 11.8 Å². The van der Waals surface area contributed by atoms with Crippen LogP contribution in [0.3, 0.4) is 0 Å². The number of hydrogen-bond acceptors (Lipinski definition) is 2. The van der Waals surface area contributed by atoms with Gasteiger partial charge in [-0.05, 0) is 25.0 Å². The van der Waals surface area contributed by atoms with Gasteiger partial charge < -0.3 is 4.90 Å². The van der Waals surface area contributed by atoms with Gasteiger partial charge in [0.15, 0.2) is 0 Å². The molecule has 0 spiro atoms. The van der Waals surface area contributed by atoms with Gasteiger partial charge in [-0.15, -0.1) is 0 Å². The average Bonchev–Trinajstić information content (AvgIpc) is 2.74. The first-order valence-corrected chi connectivity index (χ1v) is 7.50. The molecular formula is C16H20F2N2O2. The standard InChI is InChI=1S/C16H20F2N2O2/c1-12(21)20(16-13(17)7-6-8-14(16)18)11-15(22)19-9-4-2-3-5-10-19/h6-8H,2-5,9-11H2,1H3. The Morgan fingerprint density at radius 2 is 1.64 bits per heavy atom. The van der Waals surface area contributed by atoms with E-state index in [9.17, 15) is 18.4 Å². The van der Waals surface area contributed by atoms with Crippen molar-refractivity contribution in [2.24, 2.45) is 0 Å². The Morgan fingerprint density at radius 3 is 2.14 bits per heavy atom. The molecule has 0 N–H and O–H groups in total. The fourth-order valence-electron chi connectivity index (χ4n) is 2.65. The van der Waals surface area contributed by atoms with Crippen molar-refractivity contribution in [2.75, 3.05) is 24.5 Å².